The topological polar surface area (TPSA) is 29.5 Å². The molecule has 0 heterocycles. The molecular formula is C9H12O2. The minimum absolute atomic E-state index is 0.428. The summed E-state index contributed by atoms with van der Waals surface area (Å²) in [5.74, 6) is 1.12. The predicted octanol–water partition coefficient (Wildman–Crippen LogP) is 2.31. The van der Waals surface area contributed by atoms with E-state index in [9.17, 15) is 0 Å². The van der Waals surface area contributed by atoms with Crippen LogP contribution in [0.5, 0.6) is 0 Å². The predicted molar refractivity (Wildman–Crippen MR) is 44.2 cm³/mol. The summed E-state index contributed by atoms with van der Waals surface area (Å²) >= 11 is 0. The molecule has 0 unspecified atom stereocenters. The third kappa shape index (κ3) is 1.87. The summed E-state index contributed by atoms with van der Waals surface area (Å²) in [6.45, 7) is 3.72. The quantitative estimate of drug-likeness (QED) is 0.615. The molecule has 0 fully saturated rings. The van der Waals surface area contributed by atoms with Crippen LogP contribution in [0.2, 0.25) is 0 Å². The Labute approximate surface area is 66.5 Å². The van der Waals surface area contributed by atoms with Crippen molar-refractivity contribution in [3.63, 3.8) is 0 Å². The molecule has 2 heteroatoms. The minimum Gasteiger partial charge on any atom is -0.512 e. The highest BCUT2D eigenvalue weighted by atomic mass is 16.5. The fourth-order valence-corrected chi connectivity index (χ4v) is 0.990. The van der Waals surface area contributed by atoms with Crippen LogP contribution in [0.25, 0.3) is 0 Å². The van der Waals surface area contributed by atoms with Gasteiger partial charge in [0.1, 0.15) is 5.76 Å². The van der Waals surface area contributed by atoms with E-state index in [1.807, 2.05) is 6.08 Å². The van der Waals surface area contributed by atoms with Gasteiger partial charge in [-0.25, -0.2) is 0 Å². The van der Waals surface area contributed by atoms with Crippen molar-refractivity contribution in [2.75, 3.05) is 7.11 Å². The van der Waals surface area contributed by atoms with Crippen LogP contribution in [0.1, 0.15) is 12.8 Å². The van der Waals surface area contributed by atoms with Gasteiger partial charge in [0.05, 0.1) is 12.9 Å². The van der Waals surface area contributed by atoms with Gasteiger partial charge >= 0.3 is 0 Å². The number of ether oxygens (including phenoxy) is 1. The van der Waals surface area contributed by atoms with Crippen molar-refractivity contribution in [1.82, 2.24) is 0 Å². The Morgan fingerprint density at radius 1 is 1.55 bits per heavy atom. The zero-order valence-corrected chi connectivity index (χ0v) is 6.63. The number of methoxy groups -OCH3 is 1. The molecule has 0 amide bonds. The maximum absolute atomic E-state index is 9.03. The van der Waals surface area contributed by atoms with Gasteiger partial charge in [-0.2, -0.15) is 0 Å². The third-order valence-electron chi connectivity index (χ3n) is 1.73. The van der Waals surface area contributed by atoms with Gasteiger partial charge in [0, 0.05) is 6.42 Å². The molecule has 0 aromatic carbocycles. The van der Waals surface area contributed by atoms with Crippen molar-refractivity contribution in [1.29, 1.82) is 0 Å². The average molecular weight is 152 g/mol. The first kappa shape index (κ1) is 7.92. The van der Waals surface area contributed by atoms with Crippen molar-refractivity contribution in [2.24, 2.45) is 0 Å². The molecule has 1 N–H and O–H groups in total. The van der Waals surface area contributed by atoms with Gasteiger partial charge in [-0.3, -0.25) is 0 Å². The second kappa shape index (κ2) is 3.28. The maximum Gasteiger partial charge on any atom is 0.114 e. The number of aliphatic hydroxyl groups is 1. The first-order valence-electron chi connectivity index (χ1n) is 3.56. The van der Waals surface area contributed by atoms with Gasteiger partial charge in [-0.05, 0) is 18.1 Å². The summed E-state index contributed by atoms with van der Waals surface area (Å²) in [4.78, 5) is 0. The fourth-order valence-electron chi connectivity index (χ4n) is 0.990. The molecule has 0 spiro atoms. The van der Waals surface area contributed by atoms with Crippen LogP contribution < -0.4 is 0 Å². The molecule has 1 rings (SSSR count). The van der Waals surface area contributed by atoms with Gasteiger partial charge in [-0.1, -0.05) is 12.7 Å². The van der Waals surface area contributed by atoms with E-state index in [0.717, 1.165) is 12.0 Å². The Morgan fingerprint density at radius 3 is 2.73 bits per heavy atom. The van der Waals surface area contributed by atoms with Gasteiger partial charge in [0.25, 0.3) is 0 Å². The van der Waals surface area contributed by atoms with Crippen LogP contribution in [0.4, 0.5) is 0 Å². The molecule has 1 aliphatic rings. The van der Waals surface area contributed by atoms with Crippen LogP contribution in [-0.2, 0) is 4.74 Å². The molecule has 2 nitrogen and oxygen atoms in total. The number of rotatable bonds is 2. The second-order valence-corrected chi connectivity index (χ2v) is 2.48. The van der Waals surface area contributed by atoms with E-state index in [2.05, 4.69) is 6.58 Å². The molecule has 0 atom stereocenters. The van der Waals surface area contributed by atoms with E-state index in [4.69, 9.17) is 9.84 Å². The number of hydrogen-bond acceptors (Lipinski definition) is 2. The summed E-state index contributed by atoms with van der Waals surface area (Å²) < 4.78 is 4.95. The minimum atomic E-state index is 0.428. The smallest absolute Gasteiger partial charge is 0.114 e. The van der Waals surface area contributed by atoms with Gasteiger partial charge < -0.3 is 9.84 Å². The van der Waals surface area contributed by atoms with E-state index in [-0.39, 0.29) is 0 Å². The Balaban J connectivity index is 2.68. The second-order valence-electron chi connectivity index (χ2n) is 2.48. The molecular weight excluding hydrogens is 140 g/mol. The van der Waals surface area contributed by atoms with Gasteiger partial charge in [-0.15, -0.1) is 0 Å². The first-order valence-corrected chi connectivity index (χ1v) is 3.56. The van der Waals surface area contributed by atoms with E-state index in [1.54, 1.807) is 13.2 Å². The summed E-state index contributed by atoms with van der Waals surface area (Å²) in [7, 11) is 1.60. The molecule has 0 saturated carbocycles. The zero-order valence-electron chi connectivity index (χ0n) is 6.63. The van der Waals surface area contributed by atoms with Crippen LogP contribution in [0.3, 0.4) is 0 Å². The first-order chi connectivity index (χ1) is 5.24. The molecule has 0 radical (unpaired) electrons. The Kier molecular flexibility index (Phi) is 2.36. The lowest BCUT2D eigenvalue weighted by atomic mass is 10.0. The van der Waals surface area contributed by atoms with Crippen molar-refractivity contribution in [2.45, 2.75) is 12.8 Å². The van der Waals surface area contributed by atoms with Crippen molar-refractivity contribution < 1.29 is 9.84 Å². The third-order valence-corrected chi connectivity index (χ3v) is 1.73. The Bertz CT molecular complexity index is 224. The summed E-state index contributed by atoms with van der Waals surface area (Å²) in [6, 6.07) is 0. The van der Waals surface area contributed by atoms with Crippen LogP contribution >= 0.6 is 0 Å². The van der Waals surface area contributed by atoms with Crippen molar-refractivity contribution in [3.8, 4) is 0 Å². The number of aliphatic hydroxyl groups excluding tert-OH is 1. The fraction of sp³-hybridized carbons (Fsp3) is 0.333. The standard InChI is InChI=1S/C9H12O2/c1-7(11-2)8-3-5-9(10)6-4-8/h3,5,10H,1,4,6H2,2H3. The summed E-state index contributed by atoms with van der Waals surface area (Å²) in [5.41, 5.74) is 1.06. The normalized spacial score (nSPS) is 16.8. The Morgan fingerprint density at radius 2 is 2.27 bits per heavy atom. The van der Waals surface area contributed by atoms with E-state index in [1.165, 1.54) is 0 Å². The van der Waals surface area contributed by atoms with E-state index >= 15 is 0 Å². The van der Waals surface area contributed by atoms with E-state index in [0.29, 0.717) is 17.9 Å². The highest BCUT2D eigenvalue weighted by molar-refractivity contribution is 5.31. The van der Waals surface area contributed by atoms with Crippen molar-refractivity contribution in [3.05, 3.63) is 35.8 Å². The molecule has 1 aliphatic carbocycles. The highest BCUT2D eigenvalue weighted by Crippen LogP contribution is 2.21. The molecule has 0 bridgehead atoms. The molecule has 0 aromatic heterocycles. The molecule has 0 aromatic rings. The maximum atomic E-state index is 9.03. The van der Waals surface area contributed by atoms with Crippen LogP contribution in [0.15, 0.2) is 35.8 Å². The Hall–Kier alpha value is -1.18. The monoisotopic (exact) mass is 152 g/mol. The summed E-state index contributed by atoms with van der Waals surface area (Å²) in [6.07, 6.45) is 5.02. The molecule has 0 saturated heterocycles. The van der Waals surface area contributed by atoms with Crippen molar-refractivity contribution >= 4 is 0 Å². The lowest BCUT2D eigenvalue weighted by molar-refractivity contribution is 0.298. The zero-order chi connectivity index (χ0) is 8.27. The number of hydrogen-bond donors (Lipinski definition) is 1. The highest BCUT2D eigenvalue weighted by Gasteiger charge is 2.07. The van der Waals surface area contributed by atoms with Gasteiger partial charge in [0.2, 0.25) is 0 Å². The lowest BCUT2D eigenvalue weighted by Gasteiger charge is -2.11. The lowest BCUT2D eigenvalue weighted by Crippen LogP contribution is -1.96. The SMILES string of the molecule is C=C(OC)C1=CC=C(O)CC1. The molecule has 11 heavy (non-hydrogen) atoms. The average Bonchev–Trinajstić information content (AvgIpc) is 2.05. The number of allylic oxidation sites excluding steroid dienone is 4. The molecule has 60 valence electrons. The van der Waals surface area contributed by atoms with Crippen LogP contribution in [-0.4, -0.2) is 12.2 Å². The summed E-state index contributed by atoms with van der Waals surface area (Å²) in [5, 5.41) is 9.03. The molecule has 0 aliphatic heterocycles. The van der Waals surface area contributed by atoms with Gasteiger partial charge in [0.15, 0.2) is 0 Å². The largest absolute Gasteiger partial charge is 0.512 e. The van der Waals surface area contributed by atoms with E-state index < -0.39 is 0 Å². The van der Waals surface area contributed by atoms with Crippen LogP contribution in [0, 0.1) is 0 Å².